The van der Waals surface area contributed by atoms with Crippen LogP contribution in [0.1, 0.15) is 17.0 Å². The minimum atomic E-state index is 0.0481. The molecule has 0 bridgehead atoms. The van der Waals surface area contributed by atoms with E-state index in [2.05, 4.69) is 44.4 Å². The summed E-state index contributed by atoms with van der Waals surface area (Å²) in [6, 6.07) is 9.89. The maximum absolute atomic E-state index is 10.1. The molecule has 0 radical (unpaired) electrons. The third-order valence-corrected chi connectivity index (χ3v) is 5.61. The molecular weight excluding hydrogens is 368 g/mol. The molecular formula is C22H28N4O3. The van der Waals surface area contributed by atoms with Gasteiger partial charge in [-0.2, -0.15) is 0 Å². The molecule has 0 atom stereocenters. The number of fused-ring (bicyclic) bond motifs is 1. The molecule has 29 heavy (non-hydrogen) atoms. The van der Waals surface area contributed by atoms with Gasteiger partial charge in [-0.25, -0.2) is 4.98 Å². The summed E-state index contributed by atoms with van der Waals surface area (Å²) in [5.41, 5.74) is 4.44. The Balaban J connectivity index is 1.39. The summed E-state index contributed by atoms with van der Waals surface area (Å²) in [4.78, 5) is 9.57. The number of piperazine rings is 1. The zero-order valence-corrected chi connectivity index (χ0v) is 17.3. The molecule has 1 aromatic carbocycles. The van der Waals surface area contributed by atoms with E-state index in [9.17, 15) is 5.11 Å². The number of methoxy groups -OCH3 is 2. The minimum absolute atomic E-state index is 0.0481. The molecule has 0 saturated carbocycles. The quantitative estimate of drug-likeness (QED) is 0.691. The maximum Gasteiger partial charge on any atom is 0.200 e. The van der Waals surface area contributed by atoms with E-state index in [1.54, 1.807) is 14.2 Å². The summed E-state index contributed by atoms with van der Waals surface area (Å²) in [5.74, 6) is 0.939. The Bertz CT molecular complexity index is 968. The fraction of sp³-hybridized carbons (Fsp3) is 0.409. The van der Waals surface area contributed by atoms with Crippen molar-refractivity contribution in [2.45, 2.75) is 20.0 Å². The van der Waals surface area contributed by atoms with E-state index in [-0.39, 0.29) is 5.75 Å². The predicted molar refractivity (Wildman–Crippen MR) is 112 cm³/mol. The number of benzene rings is 1. The van der Waals surface area contributed by atoms with Gasteiger partial charge in [0.2, 0.25) is 5.75 Å². The first-order valence-corrected chi connectivity index (χ1v) is 9.90. The highest BCUT2D eigenvalue weighted by molar-refractivity contribution is 5.52. The fourth-order valence-corrected chi connectivity index (χ4v) is 3.97. The van der Waals surface area contributed by atoms with Gasteiger partial charge in [0, 0.05) is 45.5 Å². The second-order valence-corrected chi connectivity index (χ2v) is 7.47. The van der Waals surface area contributed by atoms with Gasteiger partial charge in [0.1, 0.15) is 5.65 Å². The number of hydrogen-bond donors (Lipinski definition) is 1. The van der Waals surface area contributed by atoms with Crippen LogP contribution < -0.4 is 9.47 Å². The van der Waals surface area contributed by atoms with Crippen molar-refractivity contribution < 1.29 is 14.6 Å². The molecule has 2 aromatic heterocycles. The zero-order valence-electron chi connectivity index (χ0n) is 17.3. The van der Waals surface area contributed by atoms with Gasteiger partial charge in [-0.15, -0.1) is 0 Å². The average Bonchev–Trinajstić information content (AvgIpc) is 3.05. The summed E-state index contributed by atoms with van der Waals surface area (Å²) >= 11 is 0. The van der Waals surface area contributed by atoms with Crippen LogP contribution >= 0.6 is 0 Å². The van der Waals surface area contributed by atoms with E-state index >= 15 is 0 Å². The normalized spacial score (nSPS) is 15.7. The van der Waals surface area contributed by atoms with Gasteiger partial charge in [-0.05, 0) is 36.8 Å². The molecule has 3 heterocycles. The molecule has 1 saturated heterocycles. The van der Waals surface area contributed by atoms with Crippen LogP contribution in [0.25, 0.3) is 5.65 Å². The van der Waals surface area contributed by atoms with Gasteiger partial charge in [0.15, 0.2) is 11.5 Å². The van der Waals surface area contributed by atoms with Crippen molar-refractivity contribution in [2.24, 2.45) is 0 Å². The molecule has 1 fully saturated rings. The van der Waals surface area contributed by atoms with Crippen molar-refractivity contribution in [1.29, 1.82) is 0 Å². The molecule has 0 spiro atoms. The topological polar surface area (TPSA) is 62.5 Å². The van der Waals surface area contributed by atoms with E-state index in [4.69, 9.17) is 9.47 Å². The Morgan fingerprint density at radius 1 is 0.966 bits per heavy atom. The smallest absolute Gasteiger partial charge is 0.200 e. The first-order chi connectivity index (χ1) is 14.1. The minimum Gasteiger partial charge on any atom is -0.502 e. The lowest BCUT2D eigenvalue weighted by molar-refractivity contribution is 0.120. The number of nitrogens with zero attached hydrogens (tertiary/aromatic N) is 4. The van der Waals surface area contributed by atoms with Gasteiger partial charge in [0.25, 0.3) is 0 Å². The number of rotatable bonds is 6. The van der Waals surface area contributed by atoms with Gasteiger partial charge >= 0.3 is 0 Å². The predicted octanol–water partition coefficient (Wildman–Crippen LogP) is 2.68. The standard InChI is InChI=1S/C22H28N4O3/c1-16-18(26-7-5-4-6-21(26)23-16)15-25-10-8-24(9-11-25)14-17-12-19(28-2)22(27)20(13-17)29-3/h4-7,12-13,27H,8-11,14-15H2,1-3H3. The maximum atomic E-state index is 10.1. The number of hydrogen-bond acceptors (Lipinski definition) is 6. The van der Waals surface area contributed by atoms with Gasteiger partial charge < -0.3 is 19.0 Å². The summed E-state index contributed by atoms with van der Waals surface area (Å²) in [6.45, 7) is 7.78. The fourth-order valence-electron chi connectivity index (χ4n) is 3.97. The van der Waals surface area contributed by atoms with Crippen LogP contribution in [0.2, 0.25) is 0 Å². The van der Waals surface area contributed by atoms with Crippen LogP contribution in [0.4, 0.5) is 0 Å². The van der Waals surface area contributed by atoms with Crippen LogP contribution in [-0.2, 0) is 13.1 Å². The van der Waals surface area contributed by atoms with Gasteiger partial charge in [-0.3, -0.25) is 9.80 Å². The lowest BCUT2D eigenvalue weighted by Gasteiger charge is -2.34. The second-order valence-electron chi connectivity index (χ2n) is 7.47. The SMILES string of the molecule is COc1cc(CN2CCN(Cc3c(C)nc4ccccn34)CC2)cc(OC)c1O. The Morgan fingerprint density at radius 3 is 2.21 bits per heavy atom. The number of pyridine rings is 1. The van der Waals surface area contributed by atoms with Crippen molar-refractivity contribution in [2.75, 3.05) is 40.4 Å². The highest BCUT2D eigenvalue weighted by Crippen LogP contribution is 2.37. The third kappa shape index (κ3) is 4.02. The lowest BCUT2D eigenvalue weighted by Crippen LogP contribution is -2.45. The van der Waals surface area contributed by atoms with Crippen molar-refractivity contribution in [3.63, 3.8) is 0 Å². The number of phenolic OH excluding ortho intramolecular Hbond substituents is 1. The molecule has 0 unspecified atom stereocenters. The van der Waals surface area contributed by atoms with E-state index in [1.165, 1.54) is 5.69 Å². The van der Waals surface area contributed by atoms with Crippen molar-refractivity contribution in [3.8, 4) is 17.2 Å². The summed E-state index contributed by atoms with van der Waals surface area (Å²) in [7, 11) is 3.11. The van der Waals surface area contributed by atoms with E-state index in [1.807, 2.05) is 18.2 Å². The number of aromatic hydroxyl groups is 1. The first-order valence-electron chi connectivity index (χ1n) is 9.90. The van der Waals surface area contributed by atoms with Crippen LogP contribution in [-0.4, -0.2) is 64.7 Å². The summed E-state index contributed by atoms with van der Waals surface area (Å²) in [5, 5.41) is 10.1. The number of imidazole rings is 1. The van der Waals surface area contributed by atoms with Crippen LogP contribution in [0.3, 0.4) is 0 Å². The zero-order chi connectivity index (χ0) is 20.4. The number of aryl methyl sites for hydroxylation is 1. The summed E-state index contributed by atoms with van der Waals surface area (Å²) < 4.78 is 12.7. The summed E-state index contributed by atoms with van der Waals surface area (Å²) in [6.07, 6.45) is 2.09. The van der Waals surface area contributed by atoms with Gasteiger partial charge in [-0.1, -0.05) is 6.07 Å². The molecule has 7 nitrogen and oxygen atoms in total. The van der Waals surface area contributed by atoms with Crippen LogP contribution in [0, 0.1) is 6.92 Å². The molecule has 7 heteroatoms. The number of aromatic nitrogens is 2. The monoisotopic (exact) mass is 396 g/mol. The van der Waals surface area contributed by atoms with E-state index in [0.29, 0.717) is 11.5 Å². The van der Waals surface area contributed by atoms with Crippen molar-refractivity contribution in [3.05, 3.63) is 53.5 Å². The molecule has 1 N–H and O–H groups in total. The number of phenols is 1. The third-order valence-electron chi connectivity index (χ3n) is 5.61. The molecule has 1 aliphatic heterocycles. The second kappa shape index (κ2) is 8.31. The molecule has 0 aliphatic carbocycles. The molecule has 154 valence electrons. The van der Waals surface area contributed by atoms with Crippen molar-refractivity contribution >= 4 is 5.65 Å². The molecule has 0 amide bonds. The highest BCUT2D eigenvalue weighted by atomic mass is 16.5. The Morgan fingerprint density at radius 2 is 1.59 bits per heavy atom. The van der Waals surface area contributed by atoms with E-state index in [0.717, 1.165) is 56.2 Å². The number of ether oxygens (including phenoxy) is 2. The van der Waals surface area contributed by atoms with Gasteiger partial charge in [0.05, 0.1) is 25.6 Å². The molecule has 4 rings (SSSR count). The first kappa shape index (κ1) is 19.5. The van der Waals surface area contributed by atoms with Crippen LogP contribution in [0.15, 0.2) is 36.5 Å². The Labute approximate surface area is 171 Å². The molecule has 1 aliphatic rings. The van der Waals surface area contributed by atoms with Crippen molar-refractivity contribution in [1.82, 2.24) is 19.2 Å². The lowest BCUT2D eigenvalue weighted by atomic mass is 10.1. The Hall–Kier alpha value is -2.77. The van der Waals surface area contributed by atoms with E-state index < -0.39 is 0 Å². The average molecular weight is 396 g/mol. The van der Waals surface area contributed by atoms with Crippen LogP contribution in [0.5, 0.6) is 17.2 Å². The molecule has 3 aromatic rings. The largest absolute Gasteiger partial charge is 0.502 e. The highest BCUT2D eigenvalue weighted by Gasteiger charge is 2.20. The Kier molecular flexibility index (Phi) is 5.60.